The van der Waals surface area contributed by atoms with E-state index in [1.54, 1.807) is 12.1 Å². The van der Waals surface area contributed by atoms with Gasteiger partial charge in [0, 0.05) is 12.3 Å². The molecule has 2 aromatic rings. The van der Waals surface area contributed by atoms with Gasteiger partial charge in [0.2, 0.25) is 5.91 Å². The average molecular weight is 374 g/mol. The van der Waals surface area contributed by atoms with Crippen LogP contribution in [0.4, 0.5) is 5.69 Å². The van der Waals surface area contributed by atoms with Crippen LogP contribution >= 0.6 is 11.8 Å². The van der Waals surface area contributed by atoms with Crippen LogP contribution in [0.5, 0.6) is 0 Å². The van der Waals surface area contributed by atoms with Crippen molar-refractivity contribution in [1.82, 2.24) is 14.8 Å². The number of hydrogen-bond acceptors (Lipinski definition) is 6. The highest BCUT2D eigenvalue weighted by molar-refractivity contribution is 7.99. The molecule has 0 spiro atoms. The topological polar surface area (TPSA) is 86.1 Å². The lowest BCUT2D eigenvalue weighted by molar-refractivity contribution is -0.123. The van der Waals surface area contributed by atoms with Gasteiger partial charge in [-0.05, 0) is 31.9 Å². The molecule has 0 saturated carbocycles. The molecule has 7 nitrogen and oxygen atoms in total. The minimum Gasteiger partial charge on any atom is -0.376 e. The number of benzene rings is 1. The highest BCUT2D eigenvalue weighted by atomic mass is 32.2. The van der Waals surface area contributed by atoms with Gasteiger partial charge in [0.25, 0.3) is 0 Å². The largest absolute Gasteiger partial charge is 0.376 e. The molecule has 1 saturated heterocycles. The molecule has 1 fully saturated rings. The molecule has 0 aliphatic carbocycles. The van der Waals surface area contributed by atoms with Gasteiger partial charge in [-0.1, -0.05) is 30.0 Å². The van der Waals surface area contributed by atoms with Gasteiger partial charge in [-0.3, -0.25) is 9.59 Å². The van der Waals surface area contributed by atoms with Crippen LogP contribution in [0.3, 0.4) is 0 Å². The number of ketones is 1. The van der Waals surface area contributed by atoms with Crippen molar-refractivity contribution in [2.24, 2.45) is 0 Å². The van der Waals surface area contributed by atoms with Crippen LogP contribution in [0.2, 0.25) is 0 Å². The Hall–Kier alpha value is -2.19. The summed E-state index contributed by atoms with van der Waals surface area (Å²) in [6, 6.07) is 9.10. The number of hydrogen-bond donors (Lipinski definition) is 1. The second-order valence-corrected chi connectivity index (χ2v) is 7.14. The van der Waals surface area contributed by atoms with Crippen molar-refractivity contribution in [3.63, 3.8) is 0 Å². The maximum absolute atomic E-state index is 12.1. The van der Waals surface area contributed by atoms with E-state index in [1.807, 2.05) is 29.7 Å². The van der Waals surface area contributed by atoms with Crippen LogP contribution in [0, 0.1) is 6.92 Å². The normalized spacial score (nSPS) is 16.6. The lowest BCUT2D eigenvalue weighted by atomic mass is 10.2. The van der Waals surface area contributed by atoms with Crippen LogP contribution in [-0.2, 0) is 20.9 Å². The number of thioether (sulfide) groups is 1. The summed E-state index contributed by atoms with van der Waals surface area (Å²) in [5, 5.41) is 11.6. The fourth-order valence-corrected chi connectivity index (χ4v) is 3.63. The van der Waals surface area contributed by atoms with E-state index in [-0.39, 0.29) is 30.0 Å². The molecule has 0 bridgehead atoms. The zero-order valence-electron chi connectivity index (χ0n) is 14.7. The lowest BCUT2D eigenvalue weighted by Gasteiger charge is -2.13. The SMILES string of the molecule is Cc1nnc(SCC(=O)CC(=O)Nc2ccccc2)n1CC1CCCO1. The Labute approximate surface area is 156 Å². The second kappa shape index (κ2) is 8.95. The first-order chi connectivity index (χ1) is 12.6. The minimum absolute atomic E-state index is 0.146. The second-order valence-electron chi connectivity index (χ2n) is 6.19. The molecule has 1 aliphatic heterocycles. The molecule has 3 rings (SSSR count). The number of nitrogens with one attached hydrogen (secondary N) is 1. The summed E-state index contributed by atoms with van der Waals surface area (Å²) in [5.74, 6) is 0.537. The van der Waals surface area contributed by atoms with Crippen molar-refractivity contribution in [2.75, 3.05) is 17.7 Å². The van der Waals surface area contributed by atoms with Crippen molar-refractivity contribution in [1.29, 1.82) is 0 Å². The van der Waals surface area contributed by atoms with E-state index < -0.39 is 0 Å². The van der Waals surface area contributed by atoms with Crippen LogP contribution in [0.1, 0.15) is 25.1 Å². The highest BCUT2D eigenvalue weighted by Crippen LogP contribution is 2.21. The van der Waals surface area contributed by atoms with Crippen LogP contribution in [0.15, 0.2) is 35.5 Å². The molecule has 1 amide bonds. The van der Waals surface area contributed by atoms with Crippen molar-refractivity contribution in [3.8, 4) is 0 Å². The van der Waals surface area contributed by atoms with Crippen LogP contribution in [0.25, 0.3) is 0 Å². The predicted molar refractivity (Wildman–Crippen MR) is 99.2 cm³/mol. The number of ether oxygens (including phenoxy) is 1. The third kappa shape index (κ3) is 5.15. The maximum Gasteiger partial charge on any atom is 0.231 e. The number of rotatable bonds is 8. The fraction of sp³-hybridized carbons (Fsp3) is 0.444. The van der Waals surface area contributed by atoms with Crippen molar-refractivity contribution in [2.45, 2.75) is 44.0 Å². The number of para-hydroxylation sites is 1. The van der Waals surface area contributed by atoms with Gasteiger partial charge in [0.05, 0.1) is 24.8 Å². The molecule has 0 radical (unpaired) electrons. The number of carbonyl (C=O) groups excluding carboxylic acids is 2. The summed E-state index contributed by atoms with van der Waals surface area (Å²) < 4.78 is 7.65. The zero-order chi connectivity index (χ0) is 18.4. The minimum atomic E-state index is -0.307. The Balaban J connectivity index is 1.49. The average Bonchev–Trinajstić information content (AvgIpc) is 3.25. The molecule has 1 N–H and O–H groups in total. The van der Waals surface area contributed by atoms with E-state index in [0.29, 0.717) is 17.4 Å². The number of Topliss-reactive ketones (excluding diaryl/α,β-unsaturated/α-hetero) is 1. The molecule has 8 heteroatoms. The third-order valence-electron chi connectivity index (χ3n) is 4.09. The van der Waals surface area contributed by atoms with Gasteiger partial charge in [-0.2, -0.15) is 0 Å². The molecule has 1 atom stereocenters. The predicted octanol–water partition coefficient (Wildman–Crippen LogP) is 2.46. The van der Waals surface area contributed by atoms with Gasteiger partial charge < -0.3 is 14.6 Å². The first-order valence-electron chi connectivity index (χ1n) is 8.62. The molecule has 1 unspecified atom stereocenters. The van der Waals surface area contributed by atoms with E-state index in [9.17, 15) is 9.59 Å². The van der Waals surface area contributed by atoms with Gasteiger partial charge in [-0.15, -0.1) is 10.2 Å². The first kappa shape index (κ1) is 18.6. The van der Waals surface area contributed by atoms with Crippen molar-refractivity contribution < 1.29 is 14.3 Å². The maximum atomic E-state index is 12.1. The number of aromatic nitrogens is 3. The van der Waals surface area contributed by atoms with Crippen LogP contribution < -0.4 is 5.32 Å². The van der Waals surface area contributed by atoms with Gasteiger partial charge in [0.1, 0.15) is 5.82 Å². The summed E-state index contributed by atoms with van der Waals surface area (Å²) in [6.07, 6.45) is 2.13. The summed E-state index contributed by atoms with van der Waals surface area (Å²) in [4.78, 5) is 24.1. The molecule has 138 valence electrons. The molecule has 1 aromatic carbocycles. The summed E-state index contributed by atoms with van der Waals surface area (Å²) >= 11 is 1.31. The first-order valence-corrected chi connectivity index (χ1v) is 9.61. The lowest BCUT2D eigenvalue weighted by Crippen LogP contribution is -2.19. The smallest absolute Gasteiger partial charge is 0.231 e. The summed E-state index contributed by atoms with van der Waals surface area (Å²) in [5.41, 5.74) is 0.685. The fourth-order valence-electron chi connectivity index (χ4n) is 2.77. The quantitative estimate of drug-likeness (QED) is 0.564. The molecule has 1 aliphatic rings. The Bertz CT molecular complexity index is 757. The van der Waals surface area contributed by atoms with E-state index in [2.05, 4.69) is 15.5 Å². The molecule has 2 heterocycles. The van der Waals surface area contributed by atoms with E-state index >= 15 is 0 Å². The Kier molecular flexibility index (Phi) is 6.40. The van der Waals surface area contributed by atoms with E-state index in [0.717, 1.165) is 25.3 Å². The summed E-state index contributed by atoms with van der Waals surface area (Å²) in [7, 11) is 0. The summed E-state index contributed by atoms with van der Waals surface area (Å²) in [6.45, 7) is 3.38. The molecular weight excluding hydrogens is 352 g/mol. The number of anilines is 1. The number of carbonyl (C=O) groups is 2. The highest BCUT2D eigenvalue weighted by Gasteiger charge is 2.20. The van der Waals surface area contributed by atoms with Gasteiger partial charge in [-0.25, -0.2) is 0 Å². The molecule has 1 aromatic heterocycles. The molecule has 26 heavy (non-hydrogen) atoms. The number of aryl methyl sites for hydroxylation is 1. The van der Waals surface area contributed by atoms with E-state index in [1.165, 1.54) is 11.8 Å². The number of nitrogens with zero attached hydrogens (tertiary/aromatic N) is 3. The monoisotopic (exact) mass is 374 g/mol. The van der Waals surface area contributed by atoms with E-state index in [4.69, 9.17) is 4.74 Å². The van der Waals surface area contributed by atoms with Gasteiger partial charge in [0.15, 0.2) is 10.9 Å². The number of amides is 1. The Morgan fingerprint density at radius 3 is 2.85 bits per heavy atom. The van der Waals surface area contributed by atoms with Gasteiger partial charge >= 0.3 is 0 Å². The zero-order valence-corrected chi connectivity index (χ0v) is 15.5. The van der Waals surface area contributed by atoms with Crippen molar-refractivity contribution >= 4 is 29.1 Å². The third-order valence-corrected chi connectivity index (χ3v) is 5.12. The Morgan fingerprint density at radius 2 is 2.12 bits per heavy atom. The Morgan fingerprint density at radius 1 is 1.31 bits per heavy atom. The molecular formula is C18H22N4O3S. The van der Waals surface area contributed by atoms with Crippen LogP contribution in [-0.4, -0.2) is 44.9 Å². The standard InChI is InChI=1S/C18H22N4O3S/c1-13-20-21-18(22(13)11-16-8-5-9-25-16)26-12-15(23)10-17(24)19-14-6-3-2-4-7-14/h2-4,6-7,16H,5,8-12H2,1H3,(H,19,24). The van der Waals surface area contributed by atoms with Crippen molar-refractivity contribution in [3.05, 3.63) is 36.2 Å².